The Morgan fingerprint density at radius 3 is 2.86 bits per heavy atom. The van der Waals surface area contributed by atoms with Crippen molar-refractivity contribution in [1.29, 1.82) is 0 Å². The van der Waals surface area contributed by atoms with Gasteiger partial charge in [0.1, 0.15) is 5.56 Å². The summed E-state index contributed by atoms with van der Waals surface area (Å²) >= 11 is 0. The summed E-state index contributed by atoms with van der Waals surface area (Å²) in [5, 5.41) is 17.5. The highest BCUT2D eigenvalue weighted by Gasteiger charge is 2.24. The van der Waals surface area contributed by atoms with E-state index in [1.165, 1.54) is 18.2 Å². The van der Waals surface area contributed by atoms with Crippen LogP contribution in [0.25, 0.3) is 0 Å². The quantitative estimate of drug-likeness (QED) is 0.691. The number of fused-ring (bicyclic) bond motifs is 1. The number of para-hydroxylation sites is 1. The van der Waals surface area contributed by atoms with E-state index in [1.54, 1.807) is 6.07 Å². The van der Waals surface area contributed by atoms with Crippen molar-refractivity contribution in [2.24, 2.45) is 0 Å². The van der Waals surface area contributed by atoms with Crippen molar-refractivity contribution in [3.63, 3.8) is 0 Å². The molecule has 2 aromatic rings. The van der Waals surface area contributed by atoms with Gasteiger partial charge in [-0.05, 0) is 31.7 Å². The van der Waals surface area contributed by atoms with Gasteiger partial charge in [-0.1, -0.05) is 17.3 Å². The summed E-state index contributed by atoms with van der Waals surface area (Å²) in [6.07, 6.45) is 3.70. The van der Waals surface area contributed by atoms with Crippen LogP contribution in [0.1, 0.15) is 34.5 Å². The number of carbonyl (C=O) groups is 1. The molecule has 3 rings (SSSR count). The molecule has 0 saturated heterocycles. The topological polar surface area (TPSA) is 98.3 Å². The number of aromatic nitrogens is 1. The van der Waals surface area contributed by atoms with Crippen LogP contribution in [0.15, 0.2) is 28.8 Å². The number of anilines is 1. The van der Waals surface area contributed by atoms with Gasteiger partial charge in [0.2, 0.25) is 5.88 Å². The number of nitrogens with zero attached hydrogens (tertiary/aromatic N) is 2. The Balaban J connectivity index is 1.87. The van der Waals surface area contributed by atoms with Gasteiger partial charge in [0.25, 0.3) is 11.6 Å². The van der Waals surface area contributed by atoms with Crippen LogP contribution < -0.4 is 5.32 Å². The van der Waals surface area contributed by atoms with Crippen molar-refractivity contribution in [2.75, 3.05) is 5.32 Å². The van der Waals surface area contributed by atoms with Crippen molar-refractivity contribution in [1.82, 2.24) is 5.16 Å². The third-order valence-electron chi connectivity index (χ3n) is 3.53. The first-order chi connectivity index (χ1) is 10.2. The molecule has 0 bridgehead atoms. The van der Waals surface area contributed by atoms with Crippen LogP contribution in [0.5, 0.6) is 0 Å². The van der Waals surface area contributed by atoms with Gasteiger partial charge in [0, 0.05) is 11.6 Å². The monoisotopic (exact) mass is 287 g/mol. The Kier molecular flexibility index (Phi) is 3.39. The zero-order valence-corrected chi connectivity index (χ0v) is 11.2. The number of rotatable bonds is 3. The number of benzene rings is 1. The van der Waals surface area contributed by atoms with Crippen LogP contribution in [-0.4, -0.2) is 16.0 Å². The summed E-state index contributed by atoms with van der Waals surface area (Å²) in [6, 6.07) is 5.81. The average molecular weight is 287 g/mol. The zero-order chi connectivity index (χ0) is 14.8. The molecular formula is C14H13N3O4. The van der Waals surface area contributed by atoms with Gasteiger partial charge in [0.15, 0.2) is 0 Å². The number of carbonyl (C=O) groups excluding carboxylic acids is 1. The van der Waals surface area contributed by atoms with Crippen LogP contribution in [0.4, 0.5) is 11.6 Å². The predicted octanol–water partition coefficient (Wildman–Crippen LogP) is 2.71. The lowest BCUT2D eigenvalue weighted by Crippen LogP contribution is -2.15. The van der Waals surface area contributed by atoms with E-state index in [9.17, 15) is 14.9 Å². The maximum Gasteiger partial charge on any atom is 0.282 e. The summed E-state index contributed by atoms with van der Waals surface area (Å²) in [7, 11) is 0. The second kappa shape index (κ2) is 5.35. The Morgan fingerprint density at radius 2 is 2.05 bits per heavy atom. The lowest BCUT2D eigenvalue weighted by molar-refractivity contribution is -0.385. The molecule has 0 atom stereocenters. The van der Waals surface area contributed by atoms with E-state index in [2.05, 4.69) is 10.5 Å². The van der Waals surface area contributed by atoms with Crippen LogP contribution >= 0.6 is 0 Å². The molecule has 108 valence electrons. The minimum absolute atomic E-state index is 0.00320. The molecule has 21 heavy (non-hydrogen) atoms. The lowest BCUT2D eigenvalue weighted by atomic mass is 9.97. The highest BCUT2D eigenvalue weighted by molar-refractivity contribution is 6.06. The number of aryl methyl sites for hydroxylation is 1. The molecule has 1 aromatic carbocycles. The largest absolute Gasteiger partial charge is 0.338 e. The molecule has 0 saturated carbocycles. The molecule has 1 aliphatic rings. The molecule has 1 heterocycles. The van der Waals surface area contributed by atoms with E-state index in [-0.39, 0.29) is 11.3 Å². The number of hydrogen-bond donors (Lipinski definition) is 1. The van der Waals surface area contributed by atoms with Crippen molar-refractivity contribution in [3.8, 4) is 0 Å². The fraction of sp³-hybridized carbons (Fsp3) is 0.286. The highest BCUT2D eigenvalue weighted by Crippen LogP contribution is 2.28. The van der Waals surface area contributed by atoms with E-state index in [4.69, 9.17) is 4.52 Å². The molecule has 1 N–H and O–H groups in total. The van der Waals surface area contributed by atoms with Gasteiger partial charge < -0.3 is 4.52 Å². The van der Waals surface area contributed by atoms with E-state index in [0.717, 1.165) is 36.9 Å². The summed E-state index contributed by atoms with van der Waals surface area (Å²) in [6.45, 7) is 0. The number of nitrogens with one attached hydrogen (secondary N) is 1. The van der Waals surface area contributed by atoms with Crippen LogP contribution in [0.2, 0.25) is 0 Å². The number of hydrogen-bond acceptors (Lipinski definition) is 5. The van der Waals surface area contributed by atoms with E-state index >= 15 is 0 Å². The molecule has 0 radical (unpaired) electrons. The van der Waals surface area contributed by atoms with Crippen molar-refractivity contribution >= 4 is 17.5 Å². The Bertz CT molecular complexity index is 708. The highest BCUT2D eigenvalue weighted by atomic mass is 16.6. The molecule has 0 aliphatic heterocycles. The number of nitro benzene ring substituents is 1. The van der Waals surface area contributed by atoms with Gasteiger partial charge >= 0.3 is 0 Å². The standard InChI is InChI=1S/C14H13N3O4/c18-13(10-6-2-4-8-12(10)17(19)20)15-14-9-5-1-3-7-11(9)16-21-14/h2,4,6,8H,1,3,5,7H2,(H,15,18). The maximum atomic E-state index is 12.2. The SMILES string of the molecule is O=C(Nc1onc2c1CCCC2)c1ccccc1[N+](=O)[O-]. The Hall–Kier alpha value is -2.70. The normalized spacial score (nSPS) is 13.5. The molecule has 0 spiro atoms. The van der Waals surface area contributed by atoms with Gasteiger partial charge in [-0.15, -0.1) is 0 Å². The second-order valence-electron chi connectivity index (χ2n) is 4.87. The molecule has 1 aromatic heterocycles. The molecule has 0 unspecified atom stereocenters. The van der Waals surface area contributed by atoms with Crippen molar-refractivity contribution < 1.29 is 14.2 Å². The number of nitro groups is 1. The molecule has 1 aliphatic carbocycles. The molecule has 7 nitrogen and oxygen atoms in total. The van der Waals surface area contributed by atoms with Gasteiger partial charge in [-0.2, -0.15) is 0 Å². The Morgan fingerprint density at radius 1 is 1.29 bits per heavy atom. The molecule has 0 fully saturated rings. The van der Waals surface area contributed by atoms with E-state index in [0.29, 0.717) is 5.88 Å². The van der Waals surface area contributed by atoms with Crippen LogP contribution in [0.3, 0.4) is 0 Å². The van der Waals surface area contributed by atoms with Crippen molar-refractivity contribution in [2.45, 2.75) is 25.7 Å². The van der Waals surface area contributed by atoms with Crippen LogP contribution in [-0.2, 0) is 12.8 Å². The van der Waals surface area contributed by atoms with E-state index in [1.807, 2.05) is 0 Å². The maximum absolute atomic E-state index is 12.2. The van der Waals surface area contributed by atoms with Crippen molar-refractivity contribution in [3.05, 3.63) is 51.2 Å². The van der Waals surface area contributed by atoms with Gasteiger partial charge in [0.05, 0.1) is 10.6 Å². The minimum atomic E-state index is -0.579. The summed E-state index contributed by atoms with van der Waals surface area (Å²) in [4.78, 5) is 22.6. The van der Waals surface area contributed by atoms with Gasteiger partial charge in [-0.25, -0.2) is 0 Å². The summed E-state index contributed by atoms with van der Waals surface area (Å²) < 4.78 is 5.16. The average Bonchev–Trinajstić information content (AvgIpc) is 2.90. The molecule has 7 heteroatoms. The third-order valence-corrected chi connectivity index (χ3v) is 3.53. The Labute approximate surface area is 120 Å². The molecular weight excluding hydrogens is 274 g/mol. The second-order valence-corrected chi connectivity index (χ2v) is 4.87. The lowest BCUT2D eigenvalue weighted by Gasteiger charge is -2.09. The minimum Gasteiger partial charge on any atom is -0.338 e. The summed E-state index contributed by atoms with van der Waals surface area (Å²) in [5.41, 5.74) is 1.53. The molecule has 1 amide bonds. The zero-order valence-electron chi connectivity index (χ0n) is 11.2. The first kappa shape index (κ1) is 13.3. The number of amides is 1. The fourth-order valence-corrected chi connectivity index (χ4v) is 2.48. The smallest absolute Gasteiger partial charge is 0.282 e. The predicted molar refractivity (Wildman–Crippen MR) is 74.2 cm³/mol. The van der Waals surface area contributed by atoms with Gasteiger partial charge in [-0.3, -0.25) is 20.2 Å². The van der Waals surface area contributed by atoms with E-state index < -0.39 is 10.8 Å². The first-order valence-electron chi connectivity index (χ1n) is 6.69. The summed E-state index contributed by atoms with van der Waals surface area (Å²) in [5.74, 6) is -0.264. The third kappa shape index (κ3) is 2.49. The van der Waals surface area contributed by atoms with Crippen LogP contribution in [0, 0.1) is 10.1 Å². The fourth-order valence-electron chi connectivity index (χ4n) is 2.48. The first-order valence-corrected chi connectivity index (χ1v) is 6.69.